The second kappa shape index (κ2) is 12.8. The lowest BCUT2D eigenvalue weighted by Gasteiger charge is -2.08. The first kappa shape index (κ1) is 26.1. The lowest BCUT2D eigenvalue weighted by Crippen LogP contribution is -2.21. The third-order valence-electron chi connectivity index (χ3n) is 5.29. The topological polar surface area (TPSA) is 118 Å². The van der Waals surface area contributed by atoms with Crippen LogP contribution in [0.5, 0.6) is 0 Å². The Morgan fingerprint density at radius 2 is 1.72 bits per heavy atom. The van der Waals surface area contributed by atoms with Crippen molar-refractivity contribution in [1.82, 2.24) is 4.57 Å². The molecule has 1 amide bonds. The first-order chi connectivity index (χ1) is 17.4. The van der Waals surface area contributed by atoms with Crippen LogP contribution >= 0.6 is 0 Å². The summed E-state index contributed by atoms with van der Waals surface area (Å²) in [5.74, 6) is -1.40. The van der Waals surface area contributed by atoms with Gasteiger partial charge in [0.15, 0.2) is 6.61 Å². The van der Waals surface area contributed by atoms with Crippen LogP contribution in [-0.2, 0) is 25.6 Å². The Morgan fingerprint density at radius 3 is 2.36 bits per heavy atom. The minimum absolute atomic E-state index is 0.192. The van der Waals surface area contributed by atoms with Gasteiger partial charge >= 0.3 is 5.97 Å². The summed E-state index contributed by atoms with van der Waals surface area (Å²) in [5.41, 5.74) is 4.27. The van der Waals surface area contributed by atoms with Crippen molar-refractivity contribution in [3.8, 4) is 6.07 Å². The molecule has 9 nitrogen and oxygen atoms in total. The summed E-state index contributed by atoms with van der Waals surface area (Å²) in [4.78, 5) is 24.6. The largest absolute Gasteiger partial charge is 0.451 e. The quantitative estimate of drug-likeness (QED) is 0.182. The van der Waals surface area contributed by atoms with E-state index in [0.717, 1.165) is 22.6 Å². The molecule has 1 heterocycles. The number of hydrogen-bond acceptors (Lipinski definition) is 7. The summed E-state index contributed by atoms with van der Waals surface area (Å²) in [5, 5.41) is 20.4. The predicted molar refractivity (Wildman–Crippen MR) is 136 cm³/mol. The highest BCUT2D eigenvalue weighted by Crippen LogP contribution is 2.21. The Labute approximate surface area is 209 Å². The maximum absolute atomic E-state index is 12.4. The van der Waals surface area contributed by atoms with Crippen LogP contribution in [0.2, 0.25) is 0 Å². The van der Waals surface area contributed by atoms with Gasteiger partial charge in [0.2, 0.25) is 0 Å². The average Bonchev–Trinajstić information content (AvgIpc) is 3.16. The number of carbonyl (C=O) groups is 2. The molecule has 0 aliphatic carbocycles. The van der Waals surface area contributed by atoms with Gasteiger partial charge in [-0.2, -0.15) is 15.5 Å². The Balaban J connectivity index is 1.55. The van der Waals surface area contributed by atoms with Gasteiger partial charge < -0.3 is 19.4 Å². The van der Waals surface area contributed by atoms with Gasteiger partial charge in [-0.3, -0.25) is 4.79 Å². The van der Waals surface area contributed by atoms with E-state index in [4.69, 9.17) is 9.47 Å². The number of rotatable bonds is 10. The van der Waals surface area contributed by atoms with Crippen LogP contribution < -0.4 is 5.32 Å². The third kappa shape index (κ3) is 7.22. The number of benzene rings is 2. The van der Waals surface area contributed by atoms with Crippen LogP contribution in [0.4, 0.5) is 17.1 Å². The molecule has 0 bridgehead atoms. The maximum Gasteiger partial charge on any atom is 0.349 e. The van der Waals surface area contributed by atoms with Crippen molar-refractivity contribution in [2.45, 2.75) is 20.4 Å². The fourth-order valence-electron chi connectivity index (χ4n) is 3.42. The van der Waals surface area contributed by atoms with E-state index in [1.165, 1.54) is 6.08 Å². The van der Waals surface area contributed by atoms with Gasteiger partial charge in [-0.05, 0) is 68.0 Å². The monoisotopic (exact) mass is 485 g/mol. The molecule has 0 unspecified atom stereocenters. The average molecular weight is 486 g/mol. The van der Waals surface area contributed by atoms with Crippen molar-refractivity contribution in [3.63, 3.8) is 0 Å². The molecule has 2 aromatic carbocycles. The van der Waals surface area contributed by atoms with E-state index in [0.29, 0.717) is 24.5 Å². The van der Waals surface area contributed by atoms with Gasteiger partial charge in [0, 0.05) is 30.7 Å². The Morgan fingerprint density at radius 1 is 1.06 bits per heavy atom. The molecule has 1 aromatic heterocycles. The summed E-state index contributed by atoms with van der Waals surface area (Å²) >= 11 is 0. The molecule has 3 aromatic rings. The van der Waals surface area contributed by atoms with Crippen LogP contribution in [-0.4, -0.2) is 36.8 Å². The number of aryl methyl sites for hydroxylation is 1. The summed E-state index contributed by atoms with van der Waals surface area (Å²) in [7, 11) is 1.63. The van der Waals surface area contributed by atoms with Crippen molar-refractivity contribution in [1.29, 1.82) is 5.26 Å². The van der Waals surface area contributed by atoms with E-state index in [1.807, 2.05) is 60.9 Å². The lowest BCUT2D eigenvalue weighted by atomic mass is 10.1. The summed E-state index contributed by atoms with van der Waals surface area (Å²) < 4.78 is 12.2. The maximum atomic E-state index is 12.4. The first-order valence-corrected chi connectivity index (χ1v) is 11.2. The van der Waals surface area contributed by atoms with Gasteiger partial charge in [-0.15, -0.1) is 0 Å². The number of nitrogens with zero attached hydrogens (tertiary/aromatic N) is 4. The highest BCUT2D eigenvalue weighted by atomic mass is 16.5. The van der Waals surface area contributed by atoms with Gasteiger partial charge in [-0.25, -0.2) is 4.79 Å². The minimum atomic E-state index is -0.869. The molecule has 0 radical (unpaired) electrons. The molecule has 9 heteroatoms. The van der Waals surface area contributed by atoms with E-state index >= 15 is 0 Å². The number of amides is 1. The van der Waals surface area contributed by atoms with Crippen molar-refractivity contribution in [3.05, 3.63) is 83.2 Å². The van der Waals surface area contributed by atoms with Crippen LogP contribution in [0.3, 0.4) is 0 Å². The number of azo groups is 1. The SMILES string of the molecule is COCCn1c(C)cc(C=C(C#N)C(=O)OCC(=O)Nc2ccc(N=Nc3ccccc3)cc2)c1C. The molecule has 0 fully saturated rings. The van der Waals surface area contributed by atoms with E-state index in [1.54, 1.807) is 31.4 Å². The first-order valence-electron chi connectivity index (χ1n) is 11.2. The third-order valence-corrected chi connectivity index (χ3v) is 5.29. The van der Waals surface area contributed by atoms with Crippen LogP contribution in [0.15, 0.2) is 76.5 Å². The molecule has 0 spiro atoms. The standard InChI is InChI=1S/C27H27N5O4/c1-19-15-21(20(2)32(19)13-14-35-3)16-22(17-28)27(34)36-18-26(33)29-23-9-11-25(12-10-23)31-30-24-7-5-4-6-8-24/h4-12,15-16H,13-14,18H2,1-3H3,(H,29,33). The van der Waals surface area contributed by atoms with Crippen molar-refractivity contribution in [2.75, 3.05) is 25.6 Å². The predicted octanol–water partition coefficient (Wildman–Crippen LogP) is 5.26. The summed E-state index contributed by atoms with van der Waals surface area (Å²) in [6.45, 7) is 4.51. The molecule has 36 heavy (non-hydrogen) atoms. The molecule has 184 valence electrons. The Hall–Kier alpha value is -4.55. The summed E-state index contributed by atoms with van der Waals surface area (Å²) in [6, 6.07) is 19.8. The molecular weight excluding hydrogens is 458 g/mol. The van der Waals surface area contributed by atoms with E-state index in [9.17, 15) is 14.9 Å². The number of nitrogens with one attached hydrogen (secondary N) is 1. The van der Waals surface area contributed by atoms with Gasteiger partial charge in [0.25, 0.3) is 5.91 Å². The number of ether oxygens (including phenoxy) is 2. The number of anilines is 1. The normalized spacial score (nSPS) is 11.3. The van der Waals surface area contributed by atoms with Crippen LogP contribution in [0, 0.1) is 25.2 Å². The van der Waals surface area contributed by atoms with Gasteiger partial charge in [-0.1, -0.05) is 18.2 Å². The van der Waals surface area contributed by atoms with Gasteiger partial charge in [0.1, 0.15) is 11.6 Å². The van der Waals surface area contributed by atoms with Crippen molar-refractivity contribution < 1.29 is 19.1 Å². The van der Waals surface area contributed by atoms with Crippen molar-refractivity contribution >= 4 is 35.0 Å². The number of methoxy groups -OCH3 is 1. The zero-order chi connectivity index (χ0) is 25.9. The van der Waals surface area contributed by atoms with Crippen LogP contribution in [0.1, 0.15) is 17.0 Å². The molecular formula is C27H27N5O4. The lowest BCUT2D eigenvalue weighted by molar-refractivity contribution is -0.142. The highest BCUT2D eigenvalue weighted by Gasteiger charge is 2.15. The number of esters is 1. The zero-order valence-electron chi connectivity index (χ0n) is 20.4. The van der Waals surface area contributed by atoms with Gasteiger partial charge in [0.05, 0.1) is 18.0 Å². The van der Waals surface area contributed by atoms with E-state index < -0.39 is 18.5 Å². The number of hydrogen-bond donors (Lipinski definition) is 1. The number of nitriles is 1. The molecule has 0 atom stereocenters. The fraction of sp³-hybridized carbons (Fsp3) is 0.222. The molecule has 3 rings (SSSR count). The Bertz CT molecular complexity index is 1300. The number of aromatic nitrogens is 1. The summed E-state index contributed by atoms with van der Waals surface area (Å²) in [6.07, 6.45) is 1.47. The smallest absolute Gasteiger partial charge is 0.349 e. The zero-order valence-corrected chi connectivity index (χ0v) is 20.4. The minimum Gasteiger partial charge on any atom is -0.451 e. The second-order valence-electron chi connectivity index (χ2n) is 7.85. The molecule has 0 aliphatic rings. The number of carbonyl (C=O) groups excluding carboxylic acids is 2. The van der Waals surface area contributed by atoms with E-state index in [-0.39, 0.29) is 5.57 Å². The Kier molecular flexibility index (Phi) is 9.26. The molecule has 1 N–H and O–H groups in total. The molecule has 0 saturated carbocycles. The van der Waals surface area contributed by atoms with E-state index in [2.05, 4.69) is 15.5 Å². The molecule has 0 saturated heterocycles. The second-order valence-corrected chi connectivity index (χ2v) is 7.85. The van der Waals surface area contributed by atoms with Crippen molar-refractivity contribution in [2.24, 2.45) is 10.2 Å². The highest BCUT2D eigenvalue weighted by molar-refractivity contribution is 6.00. The fourth-order valence-corrected chi connectivity index (χ4v) is 3.42. The molecule has 0 aliphatic heterocycles. The van der Waals surface area contributed by atoms with Crippen LogP contribution in [0.25, 0.3) is 6.08 Å².